The number of ether oxygens (including phenoxy) is 2. The monoisotopic (exact) mass is 410 g/mol. The second-order valence-corrected chi connectivity index (χ2v) is 8.50. The van der Waals surface area contributed by atoms with Crippen molar-refractivity contribution >= 4 is 17.7 Å². The summed E-state index contributed by atoms with van der Waals surface area (Å²) >= 11 is 0. The van der Waals surface area contributed by atoms with Gasteiger partial charge in [0.05, 0.1) is 12.7 Å². The molecule has 1 aliphatic heterocycles. The van der Waals surface area contributed by atoms with Crippen molar-refractivity contribution in [3.63, 3.8) is 0 Å². The first-order chi connectivity index (χ1) is 14.3. The Morgan fingerprint density at radius 2 is 1.73 bits per heavy atom. The lowest BCUT2D eigenvalue weighted by Crippen LogP contribution is -2.40. The third-order valence-corrected chi connectivity index (χ3v) is 4.81. The highest BCUT2D eigenvalue weighted by atomic mass is 16.6. The first kappa shape index (κ1) is 21.8. The molecular weight excluding hydrogens is 380 g/mol. The lowest BCUT2D eigenvalue weighted by Gasteiger charge is -2.32. The molecule has 1 aliphatic rings. The average Bonchev–Trinajstić information content (AvgIpc) is 2.71. The summed E-state index contributed by atoms with van der Waals surface area (Å²) in [4.78, 5) is 26.7. The SMILES string of the molecule is CC(C)(C)OC(=O)Nc1cccc(C(=O)N2CCC(OCc3ccccc3)CC2)c1. The van der Waals surface area contributed by atoms with Gasteiger partial charge in [0.2, 0.25) is 0 Å². The molecule has 6 heteroatoms. The highest BCUT2D eigenvalue weighted by Gasteiger charge is 2.24. The third-order valence-electron chi connectivity index (χ3n) is 4.81. The van der Waals surface area contributed by atoms with Gasteiger partial charge in [-0.2, -0.15) is 0 Å². The molecule has 2 aromatic carbocycles. The van der Waals surface area contributed by atoms with Gasteiger partial charge in [0.25, 0.3) is 5.91 Å². The maximum absolute atomic E-state index is 12.9. The van der Waals surface area contributed by atoms with E-state index in [1.54, 1.807) is 45.0 Å². The second kappa shape index (κ2) is 9.76. The minimum atomic E-state index is -0.579. The average molecular weight is 411 g/mol. The summed E-state index contributed by atoms with van der Waals surface area (Å²) in [6, 6.07) is 17.1. The van der Waals surface area contributed by atoms with E-state index in [-0.39, 0.29) is 12.0 Å². The maximum atomic E-state index is 12.9. The van der Waals surface area contributed by atoms with E-state index in [4.69, 9.17) is 9.47 Å². The molecule has 2 aromatic rings. The molecular formula is C24H30N2O4. The largest absolute Gasteiger partial charge is 0.444 e. The minimum absolute atomic E-state index is 0.0376. The maximum Gasteiger partial charge on any atom is 0.412 e. The molecule has 0 saturated carbocycles. The normalized spacial score (nSPS) is 15.0. The number of likely N-dealkylation sites (tertiary alicyclic amines) is 1. The van der Waals surface area contributed by atoms with Gasteiger partial charge in [-0.3, -0.25) is 10.1 Å². The number of carbonyl (C=O) groups is 2. The molecule has 3 rings (SSSR count). The molecule has 1 N–H and O–H groups in total. The van der Waals surface area contributed by atoms with E-state index in [0.29, 0.717) is 30.9 Å². The van der Waals surface area contributed by atoms with Crippen LogP contribution in [0.2, 0.25) is 0 Å². The number of amides is 2. The minimum Gasteiger partial charge on any atom is -0.444 e. The Morgan fingerprint density at radius 1 is 1.03 bits per heavy atom. The molecule has 2 amide bonds. The van der Waals surface area contributed by atoms with Crippen LogP contribution in [0.15, 0.2) is 54.6 Å². The van der Waals surface area contributed by atoms with Crippen LogP contribution in [0.5, 0.6) is 0 Å². The van der Waals surface area contributed by atoms with Crippen LogP contribution in [0.1, 0.15) is 49.5 Å². The predicted molar refractivity (Wildman–Crippen MR) is 116 cm³/mol. The molecule has 0 aliphatic carbocycles. The van der Waals surface area contributed by atoms with Crippen LogP contribution in [-0.4, -0.2) is 41.7 Å². The Balaban J connectivity index is 1.50. The predicted octanol–water partition coefficient (Wildman–Crippen LogP) is 4.86. The van der Waals surface area contributed by atoms with Crippen molar-refractivity contribution in [2.24, 2.45) is 0 Å². The molecule has 0 radical (unpaired) electrons. The number of anilines is 1. The zero-order valence-electron chi connectivity index (χ0n) is 17.9. The molecule has 0 atom stereocenters. The van der Waals surface area contributed by atoms with Crippen LogP contribution >= 0.6 is 0 Å². The van der Waals surface area contributed by atoms with Gasteiger partial charge in [-0.1, -0.05) is 36.4 Å². The van der Waals surface area contributed by atoms with Gasteiger partial charge in [-0.25, -0.2) is 4.79 Å². The van der Waals surface area contributed by atoms with E-state index >= 15 is 0 Å². The summed E-state index contributed by atoms with van der Waals surface area (Å²) in [6.07, 6.45) is 1.25. The zero-order valence-corrected chi connectivity index (χ0v) is 17.9. The van der Waals surface area contributed by atoms with E-state index in [9.17, 15) is 9.59 Å². The van der Waals surface area contributed by atoms with Crippen LogP contribution in [-0.2, 0) is 16.1 Å². The number of piperidine rings is 1. The van der Waals surface area contributed by atoms with Crippen molar-refractivity contribution in [2.75, 3.05) is 18.4 Å². The molecule has 160 valence electrons. The summed E-state index contributed by atoms with van der Waals surface area (Å²) < 4.78 is 11.3. The fraction of sp³-hybridized carbons (Fsp3) is 0.417. The number of hydrogen-bond acceptors (Lipinski definition) is 4. The van der Waals surface area contributed by atoms with Crippen LogP contribution in [0.25, 0.3) is 0 Å². The van der Waals surface area contributed by atoms with Crippen LogP contribution < -0.4 is 5.32 Å². The standard InChI is InChI=1S/C24H30N2O4/c1-24(2,3)30-23(28)25-20-11-7-10-19(16-20)22(27)26-14-12-21(13-15-26)29-17-18-8-5-4-6-9-18/h4-11,16,21H,12-15,17H2,1-3H3,(H,25,28). The third kappa shape index (κ3) is 6.59. The van der Waals surface area contributed by atoms with Gasteiger partial charge in [0.15, 0.2) is 0 Å². The Labute approximate surface area is 178 Å². The van der Waals surface area contributed by atoms with E-state index in [1.165, 1.54) is 0 Å². The molecule has 30 heavy (non-hydrogen) atoms. The van der Waals surface area contributed by atoms with Gasteiger partial charge in [0, 0.05) is 24.3 Å². The fourth-order valence-electron chi connectivity index (χ4n) is 3.35. The molecule has 0 unspecified atom stereocenters. The summed E-state index contributed by atoms with van der Waals surface area (Å²) in [7, 11) is 0. The van der Waals surface area contributed by atoms with E-state index in [2.05, 4.69) is 17.4 Å². The fourth-order valence-corrected chi connectivity index (χ4v) is 3.35. The van der Waals surface area contributed by atoms with E-state index in [1.807, 2.05) is 23.1 Å². The van der Waals surface area contributed by atoms with Gasteiger partial charge >= 0.3 is 6.09 Å². The Kier molecular flexibility index (Phi) is 7.11. The number of rotatable bonds is 5. The molecule has 0 spiro atoms. The van der Waals surface area contributed by atoms with Gasteiger partial charge in [-0.15, -0.1) is 0 Å². The van der Waals surface area contributed by atoms with Crippen molar-refractivity contribution in [1.82, 2.24) is 4.90 Å². The summed E-state index contributed by atoms with van der Waals surface area (Å²) in [6.45, 7) is 7.32. The van der Waals surface area contributed by atoms with E-state index < -0.39 is 11.7 Å². The molecule has 1 heterocycles. The van der Waals surface area contributed by atoms with Crippen molar-refractivity contribution in [1.29, 1.82) is 0 Å². The van der Waals surface area contributed by atoms with Crippen molar-refractivity contribution in [3.8, 4) is 0 Å². The first-order valence-corrected chi connectivity index (χ1v) is 10.3. The Bertz CT molecular complexity index is 853. The summed E-state index contributed by atoms with van der Waals surface area (Å²) in [5.41, 5.74) is 1.67. The Hall–Kier alpha value is -2.86. The van der Waals surface area contributed by atoms with Crippen molar-refractivity contribution in [2.45, 2.75) is 51.9 Å². The van der Waals surface area contributed by atoms with Gasteiger partial charge in [0.1, 0.15) is 5.60 Å². The number of carbonyl (C=O) groups excluding carboxylic acids is 2. The smallest absolute Gasteiger partial charge is 0.412 e. The zero-order chi connectivity index (χ0) is 21.6. The number of nitrogens with one attached hydrogen (secondary N) is 1. The molecule has 1 saturated heterocycles. The summed E-state index contributed by atoms with van der Waals surface area (Å²) in [5, 5.41) is 2.68. The van der Waals surface area contributed by atoms with Crippen molar-refractivity contribution in [3.05, 3.63) is 65.7 Å². The van der Waals surface area contributed by atoms with Gasteiger partial charge < -0.3 is 14.4 Å². The highest BCUT2D eigenvalue weighted by molar-refractivity contribution is 5.96. The number of benzene rings is 2. The Morgan fingerprint density at radius 3 is 2.40 bits per heavy atom. The highest BCUT2D eigenvalue weighted by Crippen LogP contribution is 2.20. The molecule has 1 fully saturated rings. The second-order valence-electron chi connectivity index (χ2n) is 8.50. The van der Waals surface area contributed by atoms with Crippen LogP contribution in [0, 0.1) is 0 Å². The lowest BCUT2D eigenvalue weighted by molar-refractivity contribution is -0.000387. The first-order valence-electron chi connectivity index (χ1n) is 10.3. The summed E-state index contributed by atoms with van der Waals surface area (Å²) in [5.74, 6) is -0.0376. The topological polar surface area (TPSA) is 67.9 Å². The van der Waals surface area contributed by atoms with Crippen molar-refractivity contribution < 1.29 is 19.1 Å². The quantitative estimate of drug-likeness (QED) is 0.765. The molecule has 0 aromatic heterocycles. The molecule has 0 bridgehead atoms. The van der Waals surface area contributed by atoms with Crippen LogP contribution in [0.3, 0.4) is 0 Å². The number of nitrogens with zero attached hydrogens (tertiary/aromatic N) is 1. The lowest BCUT2D eigenvalue weighted by atomic mass is 10.1. The number of hydrogen-bond donors (Lipinski definition) is 1. The van der Waals surface area contributed by atoms with Crippen LogP contribution in [0.4, 0.5) is 10.5 Å². The molecule has 6 nitrogen and oxygen atoms in total. The van der Waals surface area contributed by atoms with E-state index in [0.717, 1.165) is 18.4 Å². The van der Waals surface area contributed by atoms with Gasteiger partial charge in [-0.05, 0) is 57.4 Å².